The second kappa shape index (κ2) is 9.23. The molecule has 8 heteroatoms. The van der Waals surface area contributed by atoms with E-state index in [0.29, 0.717) is 23.1 Å². The molecule has 0 aliphatic rings. The van der Waals surface area contributed by atoms with Crippen LogP contribution in [0.1, 0.15) is 21.6 Å². The number of nitrogens with zero attached hydrogens (tertiary/aromatic N) is 2. The maximum atomic E-state index is 12.3. The molecular weight excluding hydrogens is 370 g/mol. The molecule has 0 saturated heterocycles. The lowest BCUT2D eigenvalue weighted by atomic mass is 10.1. The van der Waals surface area contributed by atoms with Gasteiger partial charge in [-0.25, -0.2) is 0 Å². The SMILES string of the molecule is COc1cc(C)c(CN(C)C(=O)CNC(=O)c2cc(Cl)ccn2)cc1OC. The number of halogens is 1. The molecule has 2 aromatic rings. The van der Waals surface area contributed by atoms with Crippen LogP contribution in [0, 0.1) is 6.92 Å². The Morgan fingerprint density at radius 1 is 1.19 bits per heavy atom. The molecule has 27 heavy (non-hydrogen) atoms. The van der Waals surface area contributed by atoms with Crippen LogP contribution in [0.3, 0.4) is 0 Å². The van der Waals surface area contributed by atoms with Crippen LogP contribution < -0.4 is 14.8 Å². The van der Waals surface area contributed by atoms with E-state index in [1.807, 2.05) is 19.1 Å². The summed E-state index contributed by atoms with van der Waals surface area (Å²) in [6.07, 6.45) is 1.44. The molecule has 7 nitrogen and oxygen atoms in total. The number of benzene rings is 1. The summed E-state index contributed by atoms with van der Waals surface area (Å²) >= 11 is 5.84. The zero-order chi connectivity index (χ0) is 20.0. The number of methoxy groups -OCH3 is 2. The van der Waals surface area contributed by atoms with Gasteiger partial charge in [0.1, 0.15) is 5.69 Å². The summed E-state index contributed by atoms with van der Waals surface area (Å²) in [5, 5.41) is 2.96. The summed E-state index contributed by atoms with van der Waals surface area (Å²) in [5.74, 6) is 0.536. The zero-order valence-electron chi connectivity index (χ0n) is 15.7. The minimum absolute atomic E-state index is 0.143. The van der Waals surface area contributed by atoms with E-state index in [2.05, 4.69) is 10.3 Å². The lowest BCUT2D eigenvalue weighted by molar-refractivity contribution is -0.129. The second-order valence-electron chi connectivity index (χ2n) is 5.93. The van der Waals surface area contributed by atoms with Gasteiger partial charge in [-0.15, -0.1) is 0 Å². The Morgan fingerprint density at radius 3 is 2.48 bits per heavy atom. The van der Waals surface area contributed by atoms with E-state index in [0.717, 1.165) is 11.1 Å². The first-order valence-corrected chi connectivity index (χ1v) is 8.58. The first kappa shape index (κ1) is 20.5. The van der Waals surface area contributed by atoms with Gasteiger partial charge in [0.25, 0.3) is 5.91 Å². The minimum atomic E-state index is -0.457. The number of amides is 2. The first-order chi connectivity index (χ1) is 12.8. The summed E-state index contributed by atoms with van der Waals surface area (Å²) < 4.78 is 10.6. The van der Waals surface area contributed by atoms with E-state index < -0.39 is 5.91 Å². The van der Waals surface area contributed by atoms with Gasteiger partial charge in [0, 0.05) is 24.8 Å². The van der Waals surface area contributed by atoms with Gasteiger partial charge in [-0.2, -0.15) is 0 Å². The highest BCUT2D eigenvalue weighted by molar-refractivity contribution is 6.30. The van der Waals surface area contributed by atoms with Gasteiger partial charge in [-0.05, 0) is 42.3 Å². The number of likely N-dealkylation sites (N-methyl/N-ethyl adjacent to an activating group) is 1. The van der Waals surface area contributed by atoms with Gasteiger partial charge < -0.3 is 19.7 Å². The first-order valence-electron chi connectivity index (χ1n) is 8.21. The summed E-state index contributed by atoms with van der Waals surface area (Å²) in [5.41, 5.74) is 2.06. The standard InChI is InChI=1S/C19H22ClN3O4/c1-12-7-16(26-3)17(27-4)8-13(12)11-23(2)18(24)10-22-19(25)15-9-14(20)5-6-21-15/h5-9H,10-11H2,1-4H3,(H,22,25). The highest BCUT2D eigenvalue weighted by atomic mass is 35.5. The fourth-order valence-corrected chi connectivity index (χ4v) is 2.61. The normalized spacial score (nSPS) is 10.3. The quantitative estimate of drug-likeness (QED) is 0.784. The van der Waals surface area contributed by atoms with Crippen LogP contribution in [-0.2, 0) is 11.3 Å². The molecule has 0 radical (unpaired) electrons. The van der Waals surface area contributed by atoms with Crippen molar-refractivity contribution < 1.29 is 19.1 Å². The fourth-order valence-electron chi connectivity index (χ4n) is 2.45. The number of rotatable bonds is 7. The van der Waals surface area contributed by atoms with Gasteiger partial charge in [-0.3, -0.25) is 14.6 Å². The molecule has 1 heterocycles. The average molecular weight is 392 g/mol. The van der Waals surface area contributed by atoms with E-state index in [1.54, 1.807) is 27.3 Å². The number of pyridine rings is 1. The molecule has 0 saturated carbocycles. The largest absolute Gasteiger partial charge is 0.493 e. The van der Waals surface area contributed by atoms with Gasteiger partial charge in [0.15, 0.2) is 11.5 Å². The summed E-state index contributed by atoms with van der Waals surface area (Å²) in [6, 6.07) is 6.71. The van der Waals surface area contributed by atoms with Crippen molar-refractivity contribution in [2.45, 2.75) is 13.5 Å². The smallest absolute Gasteiger partial charge is 0.270 e. The molecule has 0 aliphatic heterocycles. The van der Waals surface area contributed by atoms with Crippen LogP contribution in [0.25, 0.3) is 0 Å². The van der Waals surface area contributed by atoms with Crippen molar-refractivity contribution in [3.8, 4) is 11.5 Å². The third-order valence-electron chi connectivity index (χ3n) is 4.03. The topological polar surface area (TPSA) is 80.8 Å². The fraction of sp³-hybridized carbons (Fsp3) is 0.316. The van der Waals surface area contributed by atoms with E-state index >= 15 is 0 Å². The number of hydrogen-bond donors (Lipinski definition) is 1. The van der Waals surface area contributed by atoms with Gasteiger partial charge >= 0.3 is 0 Å². The average Bonchev–Trinajstić information content (AvgIpc) is 2.66. The molecule has 1 N–H and O–H groups in total. The van der Waals surface area contributed by atoms with Crippen molar-refractivity contribution >= 4 is 23.4 Å². The molecule has 0 unspecified atom stereocenters. The molecule has 0 atom stereocenters. The molecule has 0 spiro atoms. The molecule has 0 aliphatic carbocycles. The lowest BCUT2D eigenvalue weighted by Crippen LogP contribution is -2.38. The molecule has 144 valence electrons. The Labute approximate surface area is 163 Å². The number of nitrogens with one attached hydrogen (secondary N) is 1. The minimum Gasteiger partial charge on any atom is -0.493 e. The van der Waals surface area contributed by atoms with Crippen LogP contribution in [0.4, 0.5) is 0 Å². The Bertz CT molecular complexity index is 842. The van der Waals surface area contributed by atoms with E-state index in [-0.39, 0.29) is 18.1 Å². The molecule has 0 fully saturated rings. The monoisotopic (exact) mass is 391 g/mol. The van der Waals surface area contributed by atoms with Gasteiger partial charge in [-0.1, -0.05) is 11.6 Å². The molecule has 2 rings (SSSR count). The van der Waals surface area contributed by atoms with E-state index in [9.17, 15) is 9.59 Å². The molecule has 0 bridgehead atoms. The van der Waals surface area contributed by atoms with E-state index in [4.69, 9.17) is 21.1 Å². The molecular formula is C19H22ClN3O4. The Kier molecular flexibility index (Phi) is 7.01. The predicted octanol–water partition coefficient (Wildman–Crippen LogP) is 2.45. The van der Waals surface area contributed by atoms with Crippen LogP contribution in [-0.4, -0.2) is 49.5 Å². The highest BCUT2D eigenvalue weighted by Gasteiger charge is 2.15. The van der Waals surface area contributed by atoms with Crippen LogP contribution in [0.5, 0.6) is 11.5 Å². The maximum absolute atomic E-state index is 12.3. The van der Waals surface area contributed by atoms with Crippen molar-refractivity contribution in [3.05, 3.63) is 52.3 Å². The number of aromatic nitrogens is 1. The lowest BCUT2D eigenvalue weighted by Gasteiger charge is -2.20. The summed E-state index contributed by atoms with van der Waals surface area (Å²) in [7, 11) is 4.80. The van der Waals surface area contributed by atoms with Crippen molar-refractivity contribution in [2.24, 2.45) is 0 Å². The van der Waals surface area contributed by atoms with Crippen LogP contribution in [0.2, 0.25) is 5.02 Å². The molecule has 1 aromatic heterocycles. The molecule has 2 amide bonds. The zero-order valence-corrected chi connectivity index (χ0v) is 16.5. The summed E-state index contributed by atoms with van der Waals surface area (Å²) in [4.78, 5) is 29.9. The van der Waals surface area contributed by atoms with Crippen LogP contribution in [0.15, 0.2) is 30.5 Å². The third-order valence-corrected chi connectivity index (χ3v) is 4.27. The number of carbonyl (C=O) groups excluding carboxylic acids is 2. The highest BCUT2D eigenvalue weighted by Crippen LogP contribution is 2.30. The van der Waals surface area contributed by atoms with Crippen molar-refractivity contribution in [1.82, 2.24) is 15.2 Å². The Morgan fingerprint density at radius 2 is 1.85 bits per heavy atom. The maximum Gasteiger partial charge on any atom is 0.270 e. The Hall–Kier alpha value is -2.80. The van der Waals surface area contributed by atoms with Crippen molar-refractivity contribution in [1.29, 1.82) is 0 Å². The summed E-state index contributed by atoms with van der Waals surface area (Å²) in [6.45, 7) is 2.16. The van der Waals surface area contributed by atoms with Gasteiger partial charge in [0.2, 0.25) is 5.91 Å². The number of ether oxygens (including phenoxy) is 2. The predicted molar refractivity (Wildman–Crippen MR) is 102 cm³/mol. The van der Waals surface area contributed by atoms with E-state index in [1.165, 1.54) is 17.2 Å². The second-order valence-corrected chi connectivity index (χ2v) is 6.36. The third kappa shape index (κ3) is 5.34. The van der Waals surface area contributed by atoms with Gasteiger partial charge in [0.05, 0.1) is 20.8 Å². The van der Waals surface area contributed by atoms with Crippen molar-refractivity contribution in [3.63, 3.8) is 0 Å². The number of aryl methyl sites for hydroxylation is 1. The number of carbonyl (C=O) groups is 2. The van der Waals surface area contributed by atoms with Crippen molar-refractivity contribution in [2.75, 3.05) is 27.8 Å². The molecule has 1 aromatic carbocycles. The van der Waals surface area contributed by atoms with Crippen LogP contribution >= 0.6 is 11.6 Å². The number of hydrogen-bond acceptors (Lipinski definition) is 5. The Balaban J connectivity index is 1.98.